The van der Waals surface area contributed by atoms with E-state index in [1.165, 1.54) is 12.0 Å². The molecule has 2 atom stereocenters. The Morgan fingerprint density at radius 3 is 3.00 bits per heavy atom. The molecule has 1 aromatic carbocycles. The van der Waals surface area contributed by atoms with Gasteiger partial charge in [-0.1, -0.05) is 18.2 Å². The van der Waals surface area contributed by atoms with Crippen LogP contribution in [-0.2, 0) is 11.2 Å². The van der Waals surface area contributed by atoms with Gasteiger partial charge in [-0.3, -0.25) is 9.69 Å². The number of likely N-dealkylation sites (tertiary alicyclic amines) is 1. The first-order valence-corrected chi connectivity index (χ1v) is 7.61. The molecule has 1 amide bonds. The first kappa shape index (κ1) is 13.6. The molecule has 2 aliphatic rings. The van der Waals surface area contributed by atoms with Crippen molar-refractivity contribution in [2.45, 2.75) is 31.7 Å². The highest BCUT2D eigenvalue weighted by Crippen LogP contribution is 2.26. The Balaban J connectivity index is 1.74. The molecule has 2 aliphatic heterocycles. The minimum absolute atomic E-state index is 0.00301. The molecule has 1 fully saturated rings. The first-order chi connectivity index (χ1) is 9.78. The number of para-hydroxylation sites is 1. The lowest BCUT2D eigenvalue weighted by Crippen LogP contribution is -2.49. The van der Waals surface area contributed by atoms with Crippen LogP contribution in [0.25, 0.3) is 0 Å². The Kier molecular flexibility index (Phi) is 4.03. The standard InChI is InChI=1S/C16H23N3O/c17-10-12-4-3-9-19(11-12)15-8-7-13-5-1-2-6-14(13)18-16(15)20/h1-2,5-6,12,15H,3-4,7-11,17H2,(H,18,20). The summed E-state index contributed by atoms with van der Waals surface area (Å²) in [4.78, 5) is 14.8. The number of carbonyl (C=O) groups is 1. The van der Waals surface area contributed by atoms with Crippen LogP contribution in [0.3, 0.4) is 0 Å². The van der Waals surface area contributed by atoms with Gasteiger partial charge in [0, 0.05) is 12.2 Å². The van der Waals surface area contributed by atoms with Gasteiger partial charge in [0.05, 0.1) is 6.04 Å². The van der Waals surface area contributed by atoms with Crippen LogP contribution in [0, 0.1) is 5.92 Å². The maximum Gasteiger partial charge on any atom is 0.241 e. The zero-order valence-corrected chi connectivity index (χ0v) is 11.8. The molecule has 20 heavy (non-hydrogen) atoms. The van der Waals surface area contributed by atoms with Crippen molar-refractivity contribution < 1.29 is 4.79 Å². The largest absolute Gasteiger partial charge is 0.330 e. The smallest absolute Gasteiger partial charge is 0.241 e. The van der Waals surface area contributed by atoms with E-state index < -0.39 is 0 Å². The molecule has 3 N–H and O–H groups in total. The summed E-state index contributed by atoms with van der Waals surface area (Å²) >= 11 is 0. The molecule has 4 heteroatoms. The van der Waals surface area contributed by atoms with Crippen LogP contribution in [0.4, 0.5) is 5.69 Å². The van der Waals surface area contributed by atoms with Gasteiger partial charge in [-0.2, -0.15) is 0 Å². The maximum atomic E-state index is 12.5. The summed E-state index contributed by atoms with van der Waals surface area (Å²) in [5.41, 5.74) is 8.03. The second-order valence-corrected chi connectivity index (χ2v) is 5.94. The van der Waals surface area contributed by atoms with Crippen molar-refractivity contribution >= 4 is 11.6 Å². The number of piperidine rings is 1. The number of anilines is 1. The molecule has 3 rings (SSSR count). The highest BCUT2D eigenvalue weighted by molar-refractivity contribution is 5.96. The van der Waals surface area contributed by atoms with Gasteiger partial charge in [-0.15, -0.1) is 0 Å². The van der Waals surface area contributed by atoms with Crippen molar-refractivity contribution in [2.75, 3.05) is 25.0 Å². The van der Waals surface area contributed by atoms with Crippen molar-refractivity contribution in [1.82, 2.24) is 4.90 Å². The van der Waals surface area contributed by atoms with Crippen LogP contribution >= 0.6 is 0 Å². The molecular formula is C16H23N3O. The topological polar surface area (TPSA) is 58.4 Å². The van der Waals surface area contributed by atoms with E-state index in [0.29, 0.717) is 5.92 Å². The minimum atomic E-state index is -0.00301. The Labute approximate surface area is 120 Å². The second kappa shape index (κ2) is 5.94. The Morgan fingerprint density at radius 1 is 1.30 bits per heavy atom. The molecular weight excluding hydrogens is 250 g/mol. The van der Waals surface area contributed by atoms with Crippen molar-refractivity contribution in [1.29, 1.82) is 0 Å². The molecule has 108 valence electrons. The van der Waals surface area contributed by atoms with Crippen molar-refractivity contribution in [3.8, 4) is 0 Å². The molecule has 0 aromatic heterocycles. The average Bonchev–Trinajstić information content (AvgIpc) is 2.65. The monoisotopic (exact) mass is 273 g/mol. The Bertz CT molecular complexity index is 488. The van der Waals surface area contributed by atoms with Gasteiger partial charge in [0.2, 0.25) is 5.91 Å². The number of rotatable bonds is 2. The van der Waals surface area contributed by atoms with Crippen molar-refractivity contribution in [2.24, 2.45) is 11.7 Å². The summed E-state index contributed by atoms with van der Waals surface area (Å²) in [7, 11) is 0. The lowest BCUT2D eigenvalue weighted by Gasteiger charge is -2.36. The zero-order valence-electron chi connectivity index (χ0n) is 11.8. The van der Waals surface area contributed by atoms with E-state index in [4.69, 9.17) is 5.73 Å². The van der Waals surface area contributed by atoms with Crippen LogP contribution in [0.5, 0.6) is 0 Å². The van der Waals surface area contributed by atoms with Gasteiger partial charge in [0.15, 0.2) is 0 Å². The molecule has 2 unspecified atom stereocenters. The summed E-state index contributed by atoms with van der Waals surface area (Å²) in [5, 5.41) is 3.09. The average molecular weight is 273 g/mol. The molecule has 2 heterocycles. The Morgan fingerprint density at radius 2 is 2.15 bits per heavy atom. The zero-order chi connectivity index (χ0) is 13.9. The Hall–Kier alpha value is -1.39. The maximum absolute atomic E-state index is 12.5. The number of amides is 1. The lowest BCUT2D eigenvalue weighted by molar-refractivity contribution is -0.122. The third-order valence-corrected chi connectivity index (χ3v) is 4.59. The second-order valence-electron chi connectivity index (χ2n) is 5.94. The normalized spacial score (nSPS) is 27.6. The van der Waals surface area contributed by atoms with Gasteiger partial charge in [0.1, 0.15) is 0 Å². The molecule has 1 saturated heterocycles. The number of carbonyl (C=O) groups excluding carboxylic acids is 1. The van der Waals surface area contributed by atoms with E-state index in [0.717, 1.165) is 44.6 Å². The van der Waals surface area contributed by atoms with Gasteiger partial charge in [-0.25, -0.2) is 0 Å². The van der Waals surface area contributed by atoms with Crippen LogP contribution < -0.4 is 11.1 Å². The lowest BCUT2D eigenvalue weighted by atomic mass is 9.95. The molecule has 1 aromatic rings. The van der Waals surface area contributed by atoms with Crippen LogP contribution in [0.15, 0.2) is 24.3 Å². The third-order valence-electron chi connectivity index (χ3n) is 4.59. The van der Waals surface area contributed by atoms with Crippen molar-refractivity contribution in [3.05, 3.63) is 29.8 Å². The fourth-order valence-electron chi connectivity index (χ4n) is 3.42. The number of benzene rings is 1. The van der Waals surface area contributed by atoms with Crippen molar-refractivity contribution in [3.63, 3.8) is 0 Å². The molecule has 4 nitrogen and oxygen atoms in total. The molecule has 0 radical (unpaired) electrons. The van der Waals surface area contributed by atoms with E-state index in [9.17, 15) is 4.79 Å². The summed E-state index contributed by atoms with van der Waals surface area (Å²) in [6.45, 7) is 2.71. The van der Waals surface area contributed by atoms with E-state index in [1.807, 2.05) is 18.2 Å². The number of fused-ring (bicyclic) bond motifs is 1. The number of nitrogens with two attached hydrogens (primary N) is 1. The van der Waals surface area contributed by atoms with Gasteiger partial charge in [-0.05, 0) is 56.3 Å². The predicted octanol–water partition coefficient (Wildman–Crippen LogP) is 1.61. The summed E-state index contributed by atoms with van der Waals surface area (Å²) < 4.78 is 0. The van der Waals surface area contributed by atoms with Crippen LogP contribution in [0.1, 0.15) is 24.8 Å². The quantitative estimate of drug-likeness (QED) is 0.860. The van der Waals surface area contributed by atoms with Crippen LogP contribution in [0.2, 0.25) is 0 Å². The third kappa shape index (κ3) is 2.72. The van der Waals surface area contributed by atoms with E-state index >= 15 is 0 Å². The highest BCUT2D eigenvalue weighted by atomic mass is 16.2. The van der Waals surface area contributed by atoms with Gasteiger partial charge in [0.25, 0.3) is 0 Å². The fraction of sp³-hybridized carbons (Fsp3) is 0.562. The summed E-state index contributed by atoms with van der Waals surface area (Å²) in [6.07, 6.45) is 4.21. The SMILES string of the molecule is NCC1CCCN(C2CCc3ccccc3NC2=O)C1. The number of hydrogen-bond donors (Lipinski definition) is 2. The molecule has 0 spiro atoms. The van der Waals surface area contributed by atoms with E-state index in [2.05, 4.69) is 16.3 Å². The van der Waals surface area contributed by atoms with E-state index in [-0.39, 0.29) is 11.9 Å². The van der Waals surface area contributed by atoms with Gasteiger partial charge < -0.3 is 11.1 Å². The fourth-order valence-corrected chi connectivity index (χ4v) is 3.42. The number of hydrogen-bond acceptors (Lipinski definition) is 3. The minimum Gasteiger partial charge on any atom is -0.330 e. The number of aryl methyl sites for hydroxylation is 1. The predicted molar refractivity (Wildman–Crippen MR) is 80.5 cm³/mol. The summed E-state index contributed by atoms with van der Waals surface area (Å²) in [5.74, 6) is 0.690. The van der Waals surface area contributed by atoms with Crippen LogP contribution in [-0.4, -0.2) is 36.5 Å². The molecule has 0 saturated carbocycles. The molecule has 0 bridgehead atoms. The number of nitrogens with zero attached hydrogens (tertiary/aromatic N) is 1. The highest BCUT2D eigenvalue weighted by Gasteiger charge is 2.31. The molecule has 0 aliphatic carbocycles. The summed E-state index contributed by atoms with van der Waals surface area (Å²) in [6, 6.07) is 8.11. The van der Waals surface area contributed by atoms with Gasteiger partial charge >= 0.3 is 0 Å². The number of nitrogens with one attached hydrogen (secondary N) is 1. The van der Waals surface area contributed by atoms with E-state index in [1.54, 1.807) is 0 Å². The first-order valence-electron chi connectivity index (χ1n) is 7.61.